The third-order valence-electron chi connectivity index (χ3n) is 4.88. The van der Waals surface area contributed by atoms with Gasteiger partial charge in [-0.1, -0.05) is 41.9 Å². The summed E-state index contributed by atoms with van der Waals surface area (Å²) >= 11 is 6.06. The zero-order chi connectivity index (χ0) is 20.4. The summed E-state index contributed by atoms with van der Waals surface area (Å²) in [6.45, 7) is 0.245. The number of benzene rings is 2. The average molecular weight is 408 g/mol. The van der Waals surface area contributed by atoms with Gasteiger partial charge >= 0.3 is 0 Å². The largest absolute Gasteiger partial charge is 0.465 e. The highest BCUT2D eigenvalue weighted by molar-refractivity contribution is 6.30. The third kappa shape index (κ3) is 3.75. The highest BCUT2D eigenvalue weighted by Gasteiger charge is 2.50. The number of aliphatic hydroxyl groups is 1. The van der Waals surface area contributed by atoms with Crippen LogP contribution >= 0.6 is 11.6 Å². The fourth-order valence-corrected chi connectivity index (χ4v) is 3.74. The smallest absolute Gasteiger partial charge is 0.264 e. The summed E-state index contributed by atoms with van der Waals surface area (Å²) in [5.74, 6) is -0.388. The van der Waals surface area contributed by atoms with Crippen LogP contribution in [0, 0.1) is 0 Å². The first kappa shape index (κ1) is 19.2. The lowest BCUT2D eigenvalue weighted by molar-refractivity contribution is -0.140. The molecule has 0 saturated carbocycles. The van der Waals surface area contributed by atoms with Crippen molar-refractivity contribution in [1.82, 2.24) is 0 Å². The first-order chi connectivity index (χ1) is 14.0. The Morgan fingerprint density at radius 2 is 1.97 bits per heavy atom. The minimum Gasteiger partial charge on any atom is -0.465 e. The van der Waals surface area contributed by atoms with Crippen LogP contribution in [0.5, 0.6) is 0 Å². The Balaban J connectivity index is 1.61. The monoisotopic (exact) mass is 407 g/mol. The Morgan fingerprint density at radius 3 is 2.72 bits per heavy atom. The molecular formula is C23H18ClNO4. The molecular weight excluding hydrogens is 390 g/mol. The van der Waals surface area contributed by atoms with Crippen LogP contribution in [-0.4, -0.2) is 16.8 Å². The second-order valence-corrected chi connectivity index (χ2v) is 7.33. The molecule has 146 valence electrons. The molecule has 0 aliphatic carbocycles. The van der Waals surface area contributed by atoms with Gasteiger partial charge in [-0.2, -0.15) is 0 Å². The number of fused-ring (bicyclic) bond motifs is 1. The summed E-state index contributed by atoms with van der Waals surface area (Å²) in [7, 11) is 0. The van der Waals surface area contributed by atoms with Gasteiger partial charge in [0.1, 0.15) is 5.76 Å². The van der Waals surface area contributed by atoms with Gasteiger partial charge in [-0.05, 0) is 48.0 Å². The highest BCUT2D eigenvalue weighted by atomic mass is 35.5. The Kier molecular flexibility index (Phi) is 5.09. The Morgan fingerprint density at radius 1 is 1.14 bits per heavy atom. The van der Waals surface area contributed by atoms with Crippen LogP contribution in [0.3, 0.4) is 0 Å². The van der Waals surface area contributed by atoms with Crippen LogP contribution in [-0.2, 0) is 21.7 Å². The van der Waals surface area contributed by atoms with E-state index in [2.05, 4.69) is 0 Å². The van der Waals surface area contributed by atoms with Crippen molar-refractivity contribution in [3.63, 3.8) is 0 Å². The maximum atomic E-state index is 13.2. The van der Waals surface area contributed by atoms with E-state index in [0.717, 1.165) is 5.56 Å². The fraction of sp³-hybridized carbons (Fsp3) is 0.130. The number of para-hydroxylation sites is 1. The molecule has 2 aromatic carbocycles. The molecule has 1 unspecified atom stereocenters. The van der Waals surface area contributed by atoms with E-state index >= 15 is 0 Å². The Labute approximate surface area is 172 Å². The van der Waals surface area contributed by atoms with Gasteiger partial charge < -0.3 is 14.4 Å². The van der Waals surface area contributed by atoms with Crippen molar-refractivity contribution < 1.29 is 19.1 Å². The van der Waals surface area contributed by atoms with Crippen LogP contribution in [0.15, 0.2) is 77.4 Å². The van der Waals surface area contributed by atoms with Crippen molar-refractivity contribution in [2.45, 2.75) is 18.6 Å². The van der Waals surface area contributed by atoms with Crippen LogP contribution in [0.2, 0.25) is 5.02 Å². The lowest BCUT2D eigenvalue weighted by atomic mass is 9.90. The summed E-state index contributed by atoms with van der Waals surface area (Å²) < 4.78 is 5.16. The molecule has 0 bridgehead atoms. The summed E-state index contributed by atoms with van der Waals surface area (Å²) in [5.41, 5.74) is -0.0803. The highest BCUT2D eigenvalue weighted by Crippen LogP contribution is 2.43. The number of halogens is 1. The number of anilines is 1. The van der Waals surface area contributed by atoms with Gasteiger partial charge in [0.05, 0.1) is 24.9 Å². The predicted molar refractivity (Wildman–Crippen MR) is 110 cm³/mol. The van der Waals surface area contributed by atoms with Crippen LogP contribution in [0.1, 0.15) is 23.3 Å². The number of rotatable bonds is 6. The van der Waals surface area contributed by atoms with Gasteiger partial charge in [0.15, 0.2) is 11.4 Å². The molecule has 1 amide bonds. The molecule has 6 heteroatoms. The van der Waals surface area contributed by atoms with Crippen molar-refractivity contribution in [3.05, 3.63) is 94.9 Å². The number of allylic oxidation sites excluding steroid dienone is 1. The molecule has 0 saturated heterocycles. The van der Waals surface area contributed by atoms with E-state index in [9.17, 15) is 14.7 Å². The van der Waals surface area contributed by atoms with E-state index in [4.69, 9.17) is 16.0 Å². The van der Waals surface area contributed by atoms with E-state index in [0.29, 0.717) is 22.0 Å². The van der Waals surface area contributed by atoms with Crippen molar-refractivity contribution >= 4 is 35.1 Å². The molecule has 3 aromatic rings. The van der Waals surface area contributed by atoms with E-state index in [1.807, 2.05) is 6.07 Å². The maximum Gasteiger partial charge on any atom is 0.264 e. The zero-order valence-electron chi connectivity index (χ0n) is 15.4. The molecule has 1 aliphatic heterocycles. The molecule has 0 fully saturated rings. The van der Waals surface area contributed by atoms with Crippen LogP contribution in [0.4, 0.5) is 5.69 Å². The van der Waals surface area contributed by atoms with Crippen molar-refractivity contribution in [3.8, 4) is 0 Å². The standard InChI is InChI=1S/C23H18ClNO4/c24-17-6-3-5-16(13-17)15-25-21-9-2-1-8-20(21)23(28,22(25)27)14-18(26)10-11-19-7-4-12-29-19/h1-13,28H,14-15H2/b11-10+. The quantitative estimate of drug-likeness (QED) is 0.617. The maximum absolute atomic E-state index is 13.2. The van der Waals surface area contributed by atoms with Gasteiger partial charge in [-0.3, -0.25) is 9.59 Å². The van der Waals surface area contributed by atoms with Crippen molar-refractivity contribution in [2.75, 3.05) is 4.90 Å². The van der Waals surface area contributed by atoms with E-state index in [1.165, 1.54) is 23.3 Å². The summed E-state index contributed by atoms with van der Waals surface area (Å²) in [4.78, 5) is 27.2. The second kappa shape index (κ2) is 7.70. The molecule has 4 rings (SSSR count). The van der Waals surface area contributed by atoms with Crippen molar-refractivity contribution in [2.24, 2.45) is 0 Å². The molecule has 29 heavy (non-hydrogen) atoms. The number of hydrogen-bond donors (Lipinski definition) is 1. The minimum absolute atomic E-state index is 0.245. The molecule has 2 heterocycles. The van der Waals surface area contributed by atoms with Gasteiger partial charge in [-0.15, -0.1) is 0 Å². The number of hydrogen-bond acceptors (Lipinski definition) is 4. The Hall–Kier alpha value is -3.15. The topological polar surface area (TPSA) is 70.7 Å². The van der Waals surface area contributed by atoms with Crippen molar-refractivity contribution in [1.29, 1.82) is 0 Å². The number of ketones is 1. The first-order valence-electron chi connectivity index (χ1n) is 9.10. The van der Waals surface area contributed by atoms with Crippen LogP contribution < -0.4 is 4.90 Å². The summed E-state index contributed by atoms with van der Waals surface area (Å²) in [6, 6.07) is 17.6. The molecule has 1 aromatic heterocycles. The van der Waals surface area contributed by atoms with E-state index < -0.39 is 11.5 Å². The second-order valence-electron chi connectivity index (χ2n) is 6.89. The molecule has 1 atom stereocenters. The van der Waals surface area contributed by atoms with E-state index in [1.54, 1.807) is 54.6 Å². The number of nitrogens with zero attached hydrogens (tertiary/aromatic N) is 1. The lowest BCUT2D eigenvalue weighted by Gasteiger charge is -2.22. The average Bonchev–Trinajstić information content (AvgIpc) is 3.29. The van der Waals surface area contributed by atoms with E-state index in [-0.39, 0.29) is 18.7 Å². The molecule has 0 spiro atoms. The van der Waals surface area contributed by atoms with Gasteiger partial charge in [-0.25, -0.2) is 0 Å². The van der Waals surface area contributed by atoms with Gasteiger partial charge in [0.25, 0.3) is 5.91 Å². The number of amides is 1. The Bertz CT molecular complexity index is 1090. The molecule has 1 aliphatic rings. The van der Waals surface area contributed by atoms with Gasteiger partial charge in [0.2, 0.25) is 0 Å². The lowest BCUT2D eigenvalue weighted by Crippen LogP contribution is -2.41. The summed E-state index contributed by atoms with van der Waals surface area (Å²) in [6.07, 6.45) is 3.97. The molecule has 0 radical (unpaired) electrons. The fourth-order valence-electron chi connectivity index (χ4n) is 3.52. The third-order valence-corrected chi connectivity index (χ3v) is 5.11. The summed E-state index contributed by atoms with van der Waals surface area (Å²) in [5, 5.41) is 11.8. The zero-order valence-corrected chi connectivity index (χ0v) is 16.2. The first-order valence-corrected chi connectivity index (χ1v) is 9.48. The molecule has 1 N–H and O–H groups in total. The number of furan rings is 1. The molecule has 5 nitrogen and oxygen atoms in total. The van der Waals surface area contributed by atoms with Crippen LogP contribution in [0.25, 0.3) is 6.08 Å². The number of carbonyl (C=O) groups excluding carboxylic acids is 2. The SMILES string of the molecule is O=C(/C=C/c1ccco1)CC1(O)C(=O)N(Cc2cccc(Cl)c2)c2ccccc21. The predicted octanol–water partition coefficient (Wildman–Crippen LogP) is 4.34. The minimum atomic E-state index is -1.92. The van der Waals surface area contributed by atoms with Gasteiger partial charge in [0, 0.05) is 10.6 Å². The number of carbonyl (C=O) groups is 2. The normalized spacial score (nSPS) is 18.4.